The van der Waals surface area contributed by atoms with Crippen LogP contribution in [0, 0.1) is 5.92 Å². The first-order valence-electron chi connectivity index (χ1n) is 5.09. The quantitative estimate of drug-likeness (QED) is 0.366. The zero-order chi connectivity index (χ0) is 11.8. The van der Waals surface area contributed by atoms with Crippen LogP contribution in [-0.2, 0) is 19.1 Å². The second kappa shape index (κ2) is 7.15. The Bertz CT molecular complexity index is 231. The maximum absolute atomic E-state index is 11.1. The van der Waals surface area contributed by atoms with Crippen molar-refractivity contribution in [1.82, 2.24) is 0 Å². The minimum absolute atomic E-state index is 0.0880. The Labute approximate surface area is 90.0 Å². The summed E-state index contributed by atoms with van der Waals surface area (Å²) in [5.41, 5.74) is 0. The molecule has 0 radical (unpaired) electrons. The Morgan fingerprint density at radius 2 is 1.53 bits per heavy atom. The van der Waals surface area contributed by atoms with Gasteiger partial charge in [-0.3, -0.25) is 14.4 Å². The van der Waals surface area contributed by atoms with Crippen LogP contribution in [0.2, 0.25) is 0 Å². The maximum Gasteiger partial charge on any atom is 0.302 e. The summed E-state index contributed by atoms with van der Waals surface area (Å²) in [6.07, 6.45) is 1.96. The lowest BCUT2D eigenvalue weighted by Crippen LogP contribution is -2.19. The lowest BCUT2D eigenvalue weighted by molar-refractivity contribution is -0.141. The van der Waals surface area contributed by atoms with Gasteiger partial charge in [-0.05, 0) is 33.1 Å². The van der Waals surface area contributed by atoms with Crippen LogP contribution in [0.1, 0.15) is 40.0 Å². The van der Waals surface area contributed by atoms with Gasteiger partial charge < -0.3 is 4.74 Å². The third kappa shape index (κ3) is 6.82. The predicted molar refractivity (Wildman–Crippen MR) is 55.3 cm³/mol. The first kappa shape index (κ1) is 13.8. The average Bonchev–Trinajstić information content (AvgIpc) is 2.08. The van der Waals surface area contributed by atoms with Gasteiger partial charge in [-0.25, -0.2) is 0 Å². The Balaban J connectivity index is 3.68. The van der Waals surface area contributed by atoms with Gasteiger partial charge in [-0.1, -0.05) is 0 Å². The molecule has 0 aliphatic heterocycles. The fraction of sp³-hybridized carbons (Fsp3) is 0.727. The lowest BCUT2D eigenvalue weighted by Gasteiger charge is -2.09. The number of carbonyl (C=O) groups excluding carboxylic acids is 3. The second-order valence-electron chi connectivity index (χ2n) is 3.61. The highest BCUT2D eigenvalue weighted by Gasteiger charge is 2.18. The van der Waals surface area contributed by atoms with Crippen LogP contribution in [-0.4, -0.2) is 24.1 Å². The smallest absolute Gasteiger partial charge is 0.302 e. The standard InChI is InChI=1S/C11H18O4/c1-8(12)11(9(2)13)6-4-5-7-15-10(3)14/h11H,4-7H2,1-3H3. The van der Waals surface area contributed by atoms with Crippen LogP contribution in [0.5, 0.6) is 0 Å². The molecular weight excluding hydrogens is 196 g/mol. The van der Waals surface area contributed by atoms with E-state index in [4.69, 9.17) is 4.74 Å². The molecule has 0 aliphatic rings. The lowest BCUT2D eigenvalue weighted by atomic mass is 9.94. The molecule has 15 heavy (non-hydrogen) atoms. The third-order valence-corrected chi connectivity index (χ3v) is 2.17. The molecule has 0 fully saturated rings. The SMILES string of the molecule is CC(=O)OCCCCC(C(C)=O)C(C)=O. The summed E-state index contributed by atoms with van der Waals surface area (Å²) in [6, 6.07) is 0. The van der Waals surface area contributed by atoms with E-state index in [1.807, 2.05) is 0 Å². The van der Waals surface area contributed by atoms with E-state index in [1.54, 1.807) is 0 Å². The number of hydrogen-bond donors (Lipinski definition) is 0. The summed E-state index contributed by atoms with van der Waals surface area (Å²) < 4.78 is 4.74. The molecule has 4 heteroatoms. The van der Waals surface area contributed by atoms with Gasteiger partial charge >= 0.3 is 5.97 Å². The first-order valence-corrected chi connectivity index (χ1v) is 5.09. The molecule has 86 valence electrons. The first-order chi connectivity index (χ1) is 6.95. The molecule has 0 saturated carbocycles. The van der Waals surface area contributed by atoms with Gasteiger partial charge in [0.15, 0.2) is 0 Å². The Morgan fingerprint density at radius 1 is 1.00 bits per heavy atom. The number of hydrogen-bond acceptors (Lipinski definition) is 4. The minimum atomic E-state index is -0.484. The van der Waals surface area contributed by atoms with Gasteiger partial charge in [0.05, 0.1) is 12.5 Å². The summed E-state index contributed by atoms with van der Waals surface area (Å²) in [5.74, 6) is -0.961. The molecule has 0 N–H and O–H groups in total. The highest BCUT2D eigenvalue weighted by atomic mass is 16.5. The summed E-state index contributed by atoms with van der Waals surface area (Å²) in [7, 11) is 0. The van der Waals surface area contributed by atoms with E-state index in [0.29, 0.717) is 19.4 Å². The number of rotatable bonds is 7. The van der Waals surface area contributed by atoms with Crippen LogP contribution in [0.4, 0.5) is 0 Å². The number of ether oxygens (including phenoxy) is 1. The molecule has 0 aromatic rings. The number of Topliss-reactive ketones (excluding diaryl/α,β-unsaturated/α-hetero) is 2. The van der Waals surface area contributed by atoms with Crippen LogP contribution in [0.15, 0.2) is 0 Å². The predicted octanol–water partition coefficient (Wildman–Crippen LogP) is 1.51. The molecule has 0 amide bonds. The summed E-state index contributed by atoms with van der Waals surface area (Å²) in [6.45, 7) is 4.57. The highest BCUT2D eigenvalue weighted by Crippen LogP contribution is 2.11. The average molecular weight is 214 g/mol. The van der Waals surface area contributed by atoms with Crippen molar-refractivity contribution in [3.05, 3.63) is 0 Å². The topological polar surface area (TPSA) is 60.4 Å². The van der Waals surface area contributed by atoms with Crippen molar-refractivity contribution < 1.29 is 19.1 Å². The van der Waals surface area contributed by atoms with Crippen LogP contribution in [0.3, 0.4) is 0 Å². The largest absolute Gasteiger partial charge is 0.466 e. The molecule has 0 aromatic carbocycles. The van der Waals surface area contributed by atoms with Crippen LogP contribution in [0.25, 0.3) is 0 Å². The van der Waals surface area contributed by atoms with Crippen LogP contribution >= 0.6 is 0 Å². The van der Waals surface area contributed by atoms with Gasteiger partial charge in [0.25, 0.3) is 0 Å². The molecule has 0 saturated heterocycles. The van der Waals surface area contributed by atoms with Crippen molar-refractivity contribution in [2.24, 2.45) is 5.92 Å². The van der Waals surface area contributed by atoms with Crippen molar-refractivity contribution in [3.63, 3.8) is 0 Å². The molecule has 0 rings (SSSR count). The van der Waals surface area contributed by atoms with E-state index in [1.165, 1.54) is 20.8 Å². The highest BCUT2D eigenvalue weighted by molar-refractivity contribution is 6.00. The number of ketones is 2. The van der Waals surface area contributed by atoms with Crippen molar-refractivity contribution in [2.75, 3.05) is 6.61 Å². The number of carbonyl (C=O) groups is 3. The molecule has 0 bridgehead atoms. The van der Waals surface area contributed by atoms with Crippen molar-refractivity contribution in [3.8, 4) is 0 Å². The van der Waals surface area contributed by atoms with Crippen molar-refractivity contribution in [2.45, 2.75) is 40.0 Å². The molecule has 0 aliphatic carbocycles. The molecule has 0 atom stereocenters. The molecule has 0 heterocycles. The Kier molecular flexibility index (Phi) is 6.58. The van der Waals surface area contributed by atoms with Gasteiger partial charge in [-0.15, -0.1) is 0 Å². The molecule has 0 aromatic heterocycles. The van der Waals surface area contributed by atoms with Crippen molar-refractivity contribution in [1.29, 1.82) is 0 Å². The van der Waals surface area contributed by atoms with E-state index in [2.05, 4.69) is 0 Å². The minimum Gasteiger partial charge on any atom is -0.466 e. The molecular formula is C11H18O4. The summed E-state index contributed by atoms with van der Waals surface area (Å²) in [4.78, 5) is 32.5. The van der Waals surface area contributed by atoms with Gasteiger partial charge in [0.2, 0.25) is 0 Å². The fourth-order valence-corrected chi connectivity index (χ4v) is 1.36. The molecule has 4 nitrogen and oxygen atoms in total. The molecule has 0 spiro atoms. The van der Waals surface area contributed by atoms with Gasteiger partial charge in [-0.2, -0.15) is 0 Å². The summed E-state index contributed by atoms with van der Waals surface area (Å²) >= 11 is 0. The van der Waals surface area contributed by atoms with E-state index in [-0.39, 0.29) is 17.5 Å². The van der Waals surface area contributed by atoms with Crippen molar-refractivity contribution >= 4 is 17.5 Å². The van der Waals surface area contributed by atoms with E-state index >= 15 is 0 Å². The third-order valence-electron chi connectivity index (χ3n) is 2.17. The molecule has 0 unspecified atom stereocenters. The maximum atomic E-state index is 11.1. The summed E-state index contributed by atoms with van der Waals surface area (Å²) in [5, 5.41) is 0. The van der Waals surface area contributed by atoms with E-state index in [9.17, 15) is 14.4 Å². The van der Waals surface area contributed by atoms with E-state index in [0.717, 1.165) is 6.42 Å². The van der Waals surface area contributed by atoms with Gasteiger partial charge in [0.1, 0.15) is 11.6 Å². The van der Waals surface area contributed by atoms with Crippen LogP contribution < -0.4 is 0 Å². The Hall–Kier alpha value is -1.19. The zero-order valence-electron chi connectivity index (χ0n) is 9.54. The van der Waals surface area contributed by atoms with Gasteiger partial charge in [0, 0.05) is 6.92 Å². The fourth-order valence-electron chi connectivity index (χ4n) is 1.36. The zero-order valence-corrected chi connectivity index (χ0v) is 9.54. The monoisotopic (exact) mass is 214 g/mol. The second-order valence-corrected chi connectivity index (χ2v) is 3.61. The van der Waals surface area contributed by atoms with E-state index < -0.39 is 5.92 Å². The number of unbranched alkanes of at least 4 members (excludes halogenated alkanes) is 1. The Morgan fingerprint density at radius 3 is 1.93 bits per heavy atom. The normalized spacial score (nSPS) is 10.1. The number of esters is 1.